The van der Waals surface area contributed by atoms with E-state index >= 15 is 0 Å². The standard InChI is InChI=1S/C11H10F3N5O2/c1-18-8(6-16-17-18)5-15-9-3-2-7(11(12,13)14)4-10(9)19(20)21/h2-4,6,15H,5H2,1H3. The van der Waals surface area contributed by atoms with Crippen LogP contribution in [0.4, 0.5) is 24.5 Å². The summed E-state index contributed by atoms with van der Waals surface area (Å²) in [6.45, 7) is 0.149. The van der Waals surface area contributed by atoms with Crippen LogP contribution in [0.5, 0.6) is 0 Å². The SMILES string of the molecule is Cn1nncc1CNc1ccc(C(F)(F)F)cc1[N+](=O)[O-]. The van der Waals surface area contributed by atoms with Gasteiger partial charge >= 0.3 is 6.18 Å². The first-order valence-corrected chi connectivity index (χ1v) is 5.72. The first-order chi connectivity index (χ1) is 9.79. The first-order valence-electron chi connectivity index (χ1n) is 5.72. The Balaban J connectivity index is 2.27. The molecule has 1 heterocycles. The number of hydrogen-bond donors (Lipinski definition) is 1. The highest BCUT2D eigenvalue weighted by Gasteiger charge is 2.33. The molecule has 0 fully saturated rings. The van der Waals surface area contributed by atoms with Crippen molar-refractivity contribution in [1.82, 2.24) is 15.0 Å². The van der Waals surface area contributed by atoms with Gasteiger partial charge < -0.3 is 5.32 Å². The summed E-state index contributed by atoms with van der Waals surface area (Å²) in [5.41, 5.74) is -1.08. The molecule has 2 aromatic rings. The van der Waals surface area contributed by atoms with Crippen LogP contribution in [0.1, 0.15) is 11.3 Å². The molecule has 2 rings (SSSR count). The molecule has 0 saturated heterocycles. The third-order valence-electron chi connectivity index (χ3n) is 2.79. The smallest absolute Gasteiger partial charge is 0.374 e. The summed E-state index contributed by atoms with van der Waals surface area (Å²) in [6.07, 6.45) is -3.18. The van der Waals surface area contributed by atoms with Gasteiger partial charge in [-0.25, -0.2) is 0 Å². The van der Waals surface area contributed by atoms with Gasteiger partial charge in [-0.2, -0.15) is 13.2 Å². The molecule has 1 aromatic carbocycles. The van der Waals surface area contributed by atoms with Crippen molar-refractivity contribution in [3.8, 4) is 0 Å². The Morgan fingerprint density at radius 1 is 1.43 bits per heavy atom. The van der Waals surface area contributed by atoms with Crippen molar-refractivity contribution in [1.29, 1.82) is 0 Å². The summed E-state index contributed by atoms with van der Waals surface area (Å²) in [6, 6.07) is 2.32. The number of nitrogens with zero attached hydrogens (tertiary/aromatic N) is 4. The number of aryl methyl sites for hydroxylation is 1. The summed E-state index contributed by atoms with van der Waals surface area (Å²) in [4.78, 5) is 10.0. The van der Waals surface area contributed by atoms with Gasteiger partial charge in [-0.3, -0.25) is 14.8 Å². The number of halogens is 3. The Kier molecular flexibility index (Phi) is 3.78. The fraction of sp³-hybridized carbons (Fsp3) is 0.273. The van der Waals surface area contributed by atoms with E-state index in [-0.39, 0.29) is 12.2 Å². The number of rotatable bonds is 4. The molecule has 0 aliphatic rings. The maximum Gasteiger partial charge on any atom is 0.416 e. The quantitative estimate of drug-likeness (QED) is 0.692. The van der Waals surface area contributed by atoms with Crippen LogP contribution in [-0.4, -0.2) is 19.9 Å². The van der Waals surface area contributed by atoms with Crippen LogP contribution in [0.25, 0.3) is 0 Å². The largest absolute Gasteiger partial charge is 0.416 e. The van der Waals surface area contributed by atoms with Gasteiger partial charge in [0.05, 0.1) is 28.9 Å². The molecule has 1 N–H and O–H groups in total. The van der Waals surface area contributed by atoms with E-state index < -0.39 is 22.4 Å². The molecule has 0 spiro atoms. The van der Waals surface area contributed by atoms with E-state index in [1.54, 1.807) is 7.05 Å². The highest BCUT2D eigenvalue weighted by atomic mass is 19.4. The monoisotopic (exact) mass is 301 g/mol. The molecule has 21 heavy (non-hydrogen) atoms. The van der Waals surface area contributed by atoms with Crippen LogP contribution < -0.4 is 5.32 Å². The van der Waals surface area contributed by atoms with Gasteiger partial charge in [0, 0.05) is 13.1 Å². The Morgan fingerprint density at radius 3 is 2.67 bits per heavy atom. The van der Waals surface area contributed by atoms with Gasteiger partial charge in [0.15, 0.2) is 0 Å². The lowest BCUT2D eigenvalue weighted by molar-refractivity contribution is -0.384. The second-order valence-corrected chi connectivity index (χ2v) is 4.19. The predicted octanol–water partition coefficient (Wildman–Crippen LogP) is 2.35. The van der Waals surface area contributed by atoms with Crippen molar-refractivity contribution in [2.75, 3.05) is 5.32 Å². The Labute approximate surface area is 116 Å². The number of alkyl halides is 3. The second kappa shape index (κ2) is 5.38. The van der Waals surface area contributed by atoms with Crippen molar-refractivity contribution in [2.24, 2.45) is 7.05 Å². The zero-order valence-corrected chi connectivity index (χ0v) is 10.8. The van der Waals surface area contributed by atoms with Crippen LogP contribution in [-0.2, 0) is 19.8 Å². The molecule has 10 heteroatoms. The maximum atomic E-state index is 12.6. The number of hydrogen-bond acceptors (Lipinski definition) is 5. The van der Waals surface area contributed by atoms with Crippen LogP contribution >= 0.6 is 0 Å². The molecule has 0 aliphatic carbocycles. The lowest BCUT2D eigenvalue weighted by Gasteiger charge is -2.10. The lowest BCUT2D eigenvalue weighted by atomic mass is 10.1. The maximum absolute atomic E-state index is 12.6. The van der Waals surface area contributed by atoms with Crippen LogP contribution in [0.2, 0.25) is 0 Å². The molecule has 0 saturated carbocycles. The van der Waals surface area contributed by atoms with Gasteiger partial charge in [-0.1, -0.05) is 5.21 Å². The van der Waals surface area contributed by atoms with Crippen LogP contribution in [0.3, 0.4) is 0 Å². The molecule has 0 bridgehead atoms. The number of nitro benzene ring substituents is 1. The van der Waals surface area contributed by atoms with Crippen LogP contribution in [0.15, 0.2) is 24.4 Å². The third-order valence-corrected chi connectivity index (χ3v) is 2.79. The van der Waals surface area contributed by atoms with Crippen LogP contribution in [0, 0.1) is 10.1 Å². The summed E-state index contributed by atoms with van der Waals surface area (Å²) >= 11 is 0. The first kappa shape index (κ1) is 14.8. The third kappa shape index (κ3) is 3.27. The molecule has 0 aliphatic heterocycles. The van der Waals surface area contributed by atoms with Gasteiger partial charge in [0.1, 0.15) is 5.69 Å². The van der Waals surface area contributed by atoms with E-state index in [2.05, 4.69) is 15.6 Å². The summed E-state index contributed by atoms with van der Waals surface area (Å²) < 4.78 is 39.1. The second-order valence-electron chi connectivity index (χ2n) is 4.19. The average Bonchev–Trinajstić information content (AvgIpc) is 2.80. The summed E-state index contributed by atoms with van der Waals surface area (Å²) in [5.74, 6) is 0. The number of nitrogens with one attached hydrogen (secondary N) is 1. The van der Waals surface area contributed by atoms with Crippen molar-refractivity contribution >= 4 is 11.4 Å². The average molecular weight is 301 g/mol. The van der Waals surface area contributed by atoms with Gasteiger partial charge in [0.25, 0.3) is 5.69 Å². The van der Waals surface area contributed by atoms with E-state index in [4.69, 9.17) is 0 Å². The van der Waals surface area contributed by atoms with Gasteiger partial charge in [-0.05, 0) is 12.1 Å². The Hall–Kier alpha value is -2.65. The molecule has 0 amide bonds. The molecule has 1 aromatic heterocycles. The molecule has 0 atom stereocenters. The molecule has 7 nitrogen and oxygen atoms in total. The normalized spacial score (nSPS) is 11.4. The van der Waals surface area contributed by atoms with E-state index in [1.165, 1.54) is 10.9 Å². The zero-order valence-electron chi connectivity index (χ0n) is 10.8. The molecule has 0 radical (unpaired) electrons. The van der Waals surface area contributed by atoms with Crippen molar-refractivity contribution < 1.29 is 18.1 Å². The molecular weight excluding hydrogens is 291 g/mol. The fourth-order valence-electron chi connectivity index (χ4n) is 1.67. The lowest BCUT2D eigenvalue weighted by Crippen LogP contribution is -2.09. The minimum absolute atomic E-state index is 0.00537. The van der Waals surface area contributed by atoms with E-state index in [1.807, 2.05) is 0 Å². The topological polar surface area (TPSA) is 85.9 Å². The minimum atomic E-state index is -4.63. The zero-order chi connectivity index (χ0) is 15.6. The molecular formula is C11H10F3N5O2. The van der Waals surface area contributed by atoms with Crippen molar-refractivity contribution in [3.05, 3.63) is 45.8 Å². The highest BCUT2D eigenvalue weighted by molar-refractivity contribution is 5.63. The van der Waals surface area contributed by atoms with Gasteiger partial charge in [-0.15, -0.1) is 5.10 Å². The van der Waals surface area contributed by atoms with E-state index in [9.17, 15) is 23.3 Å². The number of aromatic nitrogens is 3. The van der Waals surface area contributed by atoms with Gasteiger partial charge in [0.2, 0.25) is 0 Å². The Bertz CT molecular complexity index is 668. The minimum Gasteiger partial charge on any atom is -0.374 e. The number of anilines is 1. The summed E-state index contributed by atoms with van der Waals surface area (Å²) in [5, 5.41) is 20.9. The fourth-order valence-corrected chi connectivity index (χ4v) is 1.67. The predicted molar refractivity (Wildman–Crippen MR) is 66.4 cm³/mol. The van der Waals surface area contributed by atoms with Crippen molar-refractivity contribution in [3.63, 3.8) is 0 Å². The number of nitro groups is 1. The number of benzene rings is 1. The Morgan fingerprint density at radius 2 is 2.14 bits per heavy atom. The highest BCUT2D eigenvalue weighted by Crippen LogP contribution is 2.35. The van der Waals surface area contributed by atoms with Crippen molar-refractivity contribution in [2.45, 2.75) is 12.7 Å². The summed E-state index contributed by atoms with van der Waals surface area (Å²) in [7, 11) is 1.63. The molecule has 112 valence electrons. The molecule has 0 unspecified atom stereocenters. The van der Waals surface area contributed by atoms with E-state index in [0.717, 1.165) is 12.1 Å². The van der Waals surface area contributed by atoms with E-state index in [0.29, 0.717) is 11.8 Å².